The van der Waals surface area contributed by atoms with E-state index in [1.54, 1.807) is 0 Å². The second-order valence-electron chi connectivity index (χ2n) is 4.13. The molecule has 0 unspecified atom stereocenters. The van der Waals surface area contributed by atoms with Crippen LogP contribution in [0.2, 0.25) is 0 Å². The van der Waals surface area contributed by atoms with Crippen LogP contribution in [0.3, 0.4) is 0 Å². The van der Waals surface area contributed by atoms with E-state index in [9.17, 15) is 4.79 Å². The summed E-state index contributed by atoms with van der Waals surface area (Å²) in [7, 11) is 0. The molecule has 0 amide bonds. The summed E-state index contributed by atoms with van der Waals surface area (Å²) in [6.07, 6.45) is -0.819. The Hall–Kier alpha value is -1.71. The smallest absolute Gasteiger partial charge is 0.222 e. The molecule has 0 spiro atoms. The largest absolute Gasteiger partial charge is 0.346 e. The summed E-state index contributed by atoms with van der Waals surface area (Å²) in [4.78, 5) is 12.5. The Labute approximate surface area is 113 Å². The van der Waals surface area contributed by atoms with Gasteiger partial charge in [0.25, 0.3) is 0 Å². The van der Waals surface area contributed by atoms with Crippen molar-refractivity contribution in [1.82, 2.24) is 0 Å². The molecule has 0 aliphatic carbocycles. The lowest BCUT2D eigenvalue weighted by Gasteiger charge is -2.16. The predicted octanol–water partition coefficient (Wildman–Crippen LogP) is 3.42. The van der Waals surface area contributed by atoms with Crippen molar-refractivity contribution in [2.75, 3.05) is 13.2 Å². The Morgan fingerprint density at radius 2 is 1.63 bits per heavy atom. The Morgan fingerprint density at radius 3 is 2.32 bits per heavy atom. The van der Waals surface area contributed by atoms with Crippen LogP contribution in [0.4, 0.5) is 0 Å². The van der Waals surface area contributed by atoms with Crippen molar-refractivity contribution in [3.05, 3.63) is 48.0 Å². The summed E-state index contributed by atoms with van der Waals surface area (Å²) in [6.45, 7) is 4.59. The van der Waals surface area contributed by atoms with Gasteiger partial charge >= 0.3 is 0 Å². The quantitative estimate of drug-likeness (QED) is 0.588. The maximum atomic E-state index is 12.5. The van der Waals surface area contributed by atoms with E-state index in [1.165, 1.54) is 0 Å². The summed E-state index contributed by atoms with van der Waals surface area (Å²) in [5.74, 6) is -0.125. The number of hydrogen-bond acceptors (Lipinski definition) is 3. The van der Waals surface area contributed by atoms with Crippen molar-refractivity contribution < 1.29 is 14.3 Å². The van der Waals surface area contributed by atoms with Crippen LogP contribution in [0.15, 0.2) is 42.5 Å². The van der Waals surface area contributed by atoms with Gasteiger partial charge in [0.05, 0.1) is 0 Å². The molecule has 0 aromatic heterocycles. The van der Waals surface area contributed by atoms with E-state index in [0.717, 1.165) is 10.8 Å². The Morgan fingerprint density at radius 1 is 1.00 bits per heavy atom. The molecule has 3 heteroatoms. The fourth-order valence-electron chi connectivity index (χ4n) is 2.07. The molecule has 0 aliphatic heterocycles. The number of ether oxygens (including phenoxy) is 2. The van der Waals surface area contributed by atoms with Crippen LogP contribution < -0.4 is 0 Å². The van der Waals surface area contributed by atoms with Gasteiger partial charge in [0, 0.05) is 18.8 Å². The molecule has 3 nitrogen and oxygen atoms in total. The molecule has 19 heavy (non-hydrogen) atoms. The van der Waals surface area contributed by atoms with Gasteiger partial charge in [-0.3, -0.25) is 4.79 Å². The highest BCUT2D eigenvalue weighted by Gasteiger charge is 2.22. The first-order valence-corrected chi connectivity index (χ1v) is 6.53. The van der Waals surface area contributed by atoms with Crippen LogP contribution in [0.25, 0.3) is 10.8 Å². The molecular weight excluding hydrogens is 240 g/mol. The molecule has 0 saturated carbocycles. The molecule has 0 heterocycles. The first-order valence-electron chi connectivity index (χ1n) is 6.53. The van der Waals surface area contributed by atoms with Crippen LogP contribution >= 0.6 is 0 Å². The van der Waals surface area contributed by atoms with Crippen LogP contribution in [-0.4, -0.2) is 25.3 Å². The predicted molar refractivity (Wildman–Crippen MR) is 75.3 cm³/mol. The van der Waals surface area contributed by atoms with E-state index in [0.29, 0.717) is 18.8 Å². The van der Waals surface area contributed by atoms with E-state index in [2.05, 4.69) is 0 Å². The standard InChI is InChI=1S/C16H18O3/c1-3-18-16(19-4-2)15(17)14-11-7-9-12-8-5-6-10-13(12)14/h5-11,16H,3-4H2,1-2H3. The zero-order chi connectivity index (χ0) is 13.7. The van der Waals surface area contributed by atoms with Crippen LogP contribution in [0, 0.1) is 0 Å². The molecule has 0 aliphatic rings. The van der Waals surface area contributed by atoms with Gasteiger partial charge in [-0.25, -0.2) is 0 Å². The second-order valence-corrected chi connectivity index (χ2v) is 4.13. The Balaban J connectivity index is 2.39. The van der Waals surface area contributed by atoms with Crippen molar-refractivity contribution in [1.29, 1.82) is 0 Å². The van der Waals surface area contributed by atoms with Crippen molar-refractivity contribution in [2.45, 2.75) is 20.1 Å². The van der Waals surface area contributed by atoms with Gasteiger partial charge in [0.15, 0.2) is 0 Å². The summed E-state index contributed by atoms with van der Waals surface area (Å²) in [5, 5.41) is 1.97. The third-order valence-corrected chi connectivity index (χ3v) is 2.91. The van der Waals surface area contributed by atoms with Crippen molar-refractivity contribution in [3.8, 4) is 0 Å². The molecule has 0 bridgehead atoms. The van der Waals surface area contributed by atoms with Gasteiger partial charge in [-0.2, -0.15) is 0 Å². The lowest BCUT2D eigenvalue weighted by molar-refractivity contribution is -0.107. The highest BCUT2D eigenvalue weighted by molar-refractivity contribution is 6.09. The third kappa shape index (κ3) is 3.00. The van der Waals surface area contributed by atoms with Crippen molar-refractivity contribution >= 4 is 16.6 Å². The van der Waals surface area contributed by atoms with E-state index >= 15 is 0 Å². The SMILES string of the molecule is CCOC(OCC)C(=O)c1cccc2ccccc12. The number of benzene rings is 2. The van der Waals surface area contributed by atoms with Crippen LogP contribution in [0.5, 0.6) is 0 Å². The molecule has 0 N–H and O–H groups in total. The van der Waals surface area contributed by atoms with Gasteiger partial charge in [0.1, 0.15) is 0 Å². The maximum Gasteiger partial charge on any atom is 0.222 e. The highest BCUT2D eigenvalue weighted by atomic mass is 16.7. The van der Waals surface area contributed by atoms with Gasteiger partial charge in [-0.1, -0.05) is 42.5 Å². The minimum absolute atomic E-state index is 0.125. The Bertz CT molecular complexity index is 551. The van der Waals surface area contributed by atoms with Crippen LogP contribution in [0.1, 0.15) is 24.2 Å². The maximum absolute atomic E-state index is 12.5. The van der Waals surface area contributed by atoms with Gasteiger partial charge in [-0.15, -0.1) is 0 Å². The van der Waals surface area contributed by atoms with Gasteiger partial charge in [-0.05, 0) is 24.6 Å². The molecule has 100 valence electrons. The molecule has 0 radical (unpaired) electrons. The van der Waals surface area contributed by atoms with Crippen LogP contribution in [-0.2, 0) is 9.47 Å². The number of carbonyl (C=O) groups excluding carboxylic acids is 1. The fourth-order valence-corrected chi connectivity index (χ4v) is 2.07. The van der Waals surface area contributed by atoms with Crippen molar-refractivity contribution in [2.24, 2.45) is 0 Å². The van der Waals surface area contributed by atoms with Crippen molar-refractivity contribution in [3.63, 3.8) is 0 Å². The van der Waals surface area contributed by atoms with E-state index < -0.39 is 6.29 Å². The number of ketones is 1. The minimum atomic E-state index is -0.819. The zero-order valence-corrected chi connectivity index (χ0v) is 11.3. The van der Waals surface area contributed by atoms with E-state index in [4.69, 9.17) is 9.47 Å². The number of Topliss-reactive ketones (excluding diaryl/α,β-unsaturated/α-hetero) is 1. The van der Waals surface area contributed by atoms with Gasteiger partial charge < -0.3 is 9.47 Å². The molecule has 2 aromatic rings. The minimum Gasteiger partial charge on any atom is -0.346 e. The van der Waals surface area contributed by atoms with E-state index in [1.807, 2.05) is 56.3 Å². The summed E-state index contributed by atoms with van der Waals surface area (Å²) in [6, 6.07) is 13.5. The average Bonchev–Trinajstić information content (AvgIpc) is 2.46. The third-order valence-electron chi connectivity index (χ3n) is 2.91. The average molecular weight is 258 g/mol. The molecule has 2 aromatic carbocycles. The number of rotatable bonds is 6. The molecule has 0 saturated heterocycles. The molecule has 0 fully saturated rings. The normalized spacial score (nSPS) is 11.1. The lowest BCUT2D eigenvalue weighted by Crippen LogP contribution is -2.28. The zero-order valence-electron chi connectivity index (χ0n) is 11.3. The first-order chi connectivity index (χ1) is 9.27. The second kappa shape index (κ2) is 6.45. The Kier molecular flexibility index (Phi) is 4.66. The molecule has 2 rings (SSSR count). The topological polar surface area (TPSA) is 35.5 Å². The number of fused-ring (bicyclic) bond motifs is 1. The van der Waals surface area contributed by atoms with E-state index in [-0.39, 0.29) is 5.78 Å². The molecule has 0 atom stereocenters. The highest BCUT2D eigenvalue weighted by Crippen LogP contribution is 2.20. The lowest BCUT2D eigenvalue weighted by atomic mass is 10.0. The summed E-state index contributed by atoms with van der Waals surface area (Å²) < 4.78 is 10.8. The molecular formula is C16H18O3. The number of hydrogen-bond donors (Lipinski definition) is 0. The fraction of sp³-hybridized carbons (Fsp3) is 0.312. The summed E-state index contributed by atoms with van der Waals surface area (Å²) in [5.41, 5.74) is 0.644. The number of carbonyl (C=O) groups is 1. The first kappa shape index (κ1) is 13.7. The van der Waals surface area contributed by atoms with Gasteiger partial charge in [0.2, 0.25) is 12.1 Å². The monoisotopic (exact) mass is 258 g/mol. The summed E-state index contributed by atoms with van der Waals surface area (Å²) >= 11 is 0.